The van der Waals surface area contributed by atoms with Crippen molar-refractivity contribution in [3.63, 3.8) is 0 Å². The minimum Gasteiger partial charge on any atom is -0.320 e. The van der Waals surface area contributed by atoms with E-state index >= 15 is 0 Å². The zero-order chi connectivity index (χ0) is 5.54. The molecular weight excluding hydrogens is 84.9 g/mol. The van der Waals surface area contributed by atoms with Crippen LogP contribution < -0.4 is 5.32 Å². The van der Waals surface area contributed by atoms with Gasteiger partial charge in [0, 0.05) is 0 Å². The molecule has 0 bridgehead atoms. The molecule has 0 heterocycles. The van der Waals surface area contributed by atoms with Crippen LogP contribution in [0.3, 0.4) is 0 Å². The van der Waals surface area contributed by atoms with Crippen LogP contribution in [0.2, 0.25) is 13.1 Å². The molecule has 0 fully saturated rings. The minimum absolute atomic E-state index is 1.17. The van der Waals surface area contributed by atoms with E-state index in [-0.39, 0.29) is 0 Å². The van der Waals surface area contributed by atoms with Gasteiger partial charge in [0.2, 0.25) is 0 Å². The van der Waals surface area contributed by atoms with Crippen molar-refractivity contribution in [1.82, 2.24) is 5.32 Å². The van der Waals surface area contributed by atoms with Crippen molar-refractivity contribution in [2.24, 2.45) is 0 Å². The normalized spacial score (nSPS) is 8.86. The Morgan fingerprint density at radius 3 is 2.71 bits per heavy atom. The van der Waals surface area contributed by atoms with Crippen molar-refractivity contribution in [3.05, 3.63) is 0 Å². The molecule has 0 radical (unpaired) electrons. The lowest BCUT2D eigenvalue weighted by Gasteiger charge is -1.92. The summed E-state index contributed by atoms with van der Waals surface area (Å²) in [6.07, 6.45) is 2.69. The molecule has 0 aromatic heterocycles. The van der Waals surface area contributed by atoms with Gasteiger partial charge in [-0.3, -0.25) is 0 Å². The summed E-state index contributed by atoms with van der Waals surface area (Å²) in [4.78, 5) is 0. The van der Waals surface area contributed by atoms with E-state index in [1.807, 2.05) is 7.05 Å². The first kappa shape index (κ1) is 7.02. The summed E-state index contributed by atoms with van der Waals surface area (Å²) in [6, 6.07) is 0. The lowest BCUT2D eigenvalue weighted by Crippen LogP contribution is -2.07. The van der Waals surface area contributed by atoms with Crippen LogP contribution in [0.1, 0.15) is 6.42 Å². The first-order chi connectivity index (χ1) is 3.41. The van der Waals surface area contributed by atoms with E-state index in [1.54, 1.807) is 0 Å². The van der Waals surface area contributed by atoms with Crippen molar-refractivity contribution in [2.75, 3.05) is 13.6 Å². The number of hydrogen-bond donors (Lipinski definition) is 1. The van der Waals surface area contributed by atoms with Crippen molar-refractivity contribution >= 4 is 7.28 Å². The van der Waals surface area contributed by atoms with Crippen LogP contribution in [0, 0.1) is 0 Å². The zero-order valence-electron chi connectivity index (χ0n) is 5.33. The number of rotatable bonds is 4. The molecule has 1 N–H and O–H groups in total. The molecule has 0 aliphatic rings. The predicted molar refractivity (Wildman–Crippen MR) is 36.4 cm³/mol. The van der Waals surface area contributed by atoms with Crippen LogP contribution in [-0.2, 0) is 0 Å². The average Bonchev–Trinajstić information content (AvgIpc) is 1.69. The maximum absolute atomic E-state index is 3.10. The van der Waals surface area contributed by atoms with E-state index < -0.39 is 0 Å². The topological polar surface area (TPSA) is 12.0 Å². The average molecular weight is 99.0 g/mol. The Balaban J connectivity index is 2.45. The highest BCUT2D eigenvalue weighted by molar-refractivity contribution is 6.33. The quantitative estimate of drug-likeness (QED) is 0.399. The predicted octanol–water partition coefficient (Wildman–Crippen LogP) is 0.499. The lowest BCUT2D eigenvalue weighted by molar-refractivity contribution is 0.770. The third kappa shape index (κ3) is 6.02. The highest BCUT2D eigenvalue weighted by atomic mass is 14.8. The van der Waals surface area contributed by atoms with E-state index in [1.165, 1.54) is 26.6 Å². The maximum atomic E-state index is 3.10. The fourth-order valence-electron chi connectivity index (χ4n) is 0.552. The van der Waals surface area contributed by atoms with E-state index in [2.05, 4.69) is 12.1 Å². The Kier molecular flexibility index (Phi) is 6.05. The fraction of sp³-hybridized carbons (Fsp3) is 1.00. The molecule has 0 spiro atoms. The summed E-state index contributed by atoms with van der Waals surface area (Å²) in [5, 5.41) is 3.10. The molecule has 0 aliphatic carbocycles. The van der Waals surface area contributed by atoms with Crippen LogP contribution in [0.4, 0.5) is 0 Å². The Morgan fingerprint density at radius 1 is 1.57 bits per heavy atom. The van der Waals surface area contributed by atoms with E-state index in [0.29, 0.717) is 0 Å². The highest BCUT2D eigenvalue weighted by Crippen LogP contribution is 1.82. The van der Waals surface area contributed by atoms with Gasteiger partial charge in [-0.15, -0.1) is 0 Å². The SMILES string of the molecule is CBCCCNC. The Bertz CT molecular complexity index is 27.3. The second kappa shape index (κ2) is 6.02. The van der Waals surface area contributed by atoms with Gasteiger partial charge in [0.25, 0.3) is 0 Å². The monoisotopic (exact) mass is 99.1 g/mol. The van der Waals surface area contributed by atoms with Gasteiger partial charge in [0.1, 0.15) is 7.28 Å². The van der Waals surface area contributed by atoms with Crippen LogP contribution in [0.15, 0.2) is 0 Å². The Morgan fingerprint density at radius 2 is 2.29 bits per heavy atom. The molecule has 0 aliphatic heterocycles. The Hall–Kier alpha value is 0.0249. The Labute approximate surface area is 46.7 Å². The van der Waals surface area contributed by atoms with Crippen molar-refractivity contribution in [3.8, 4) is 0 Å². The highest BCUT2D eigenvalue weighted by Gasteiger charge is 1.80. The lowest BCUT2D eigenvalue weighted by atomic mass is 9.77. The third-order valence-corrected chi connectivity index (χ3v) is 1.03. The van der Waals surface area contributed by atoms with Crippen LogP contribution >= 0.6 is 0 Å². The molecule has 0 saturated carbocycles. The standard InChI is InChI=1S/C5H14BN/c1-6-4-3-5-7-2/h6-7H,3-5H2,1-2H3. The van der Waals surface area contributed by atoms with E-state index in [4.69, 9.17) is 0 Å². The minimum atomic E-state index is 1.17. The summed E-state index contributed by atoms with van der Waals surface area (Å²) in [5.74, 6) is 0. The van der Waals surface area contributed by atoms with Gasteiger partial charge in [-0.1, -0.05) is 13.1 Å². The molecule has 0 aromatic rings. The van der Waals surface area contributed by atoms with Gasteiger partial charge in [0.15, 0.2) is 0 Å². The summed E-state index contributed by atoms with van der Waals surface area (Å²) in [5.41, 5.74) is 0. The molecular formula is C5H14BN. The van der Waals surface area contributed by atoms with Gasteiger partial charge in [-0.2, -0.15) is 0 Å². The van der Waals surface area contributed by atoms with E-state index in [9.17, 15) is 0 Å². The van der Waals surface area contributed by atoms with Crippen molar-refractivity contribution in [1.29, 1.82) is 0 Å². The van der Waals surface area contributed by atoms with Gasteiger partial charge < -0.3 is 5.32 Å². The van der Waals surface area contributed by atoms with Gasteiger partial charge in [0.05, 0.1) is 0 Å². The molecule has 42 valence electrons. The summed E-state index contributed by atoms with van der Waals surface area (Å²) in [6.45, 7) is 3.39. The van der Waals surface area contributed by atoms with Crippen LogP contribution in [-0.4, -0.2) is 20.9 Å². The summed E-state index contributed by atoms with van der Waals surface area (Å²) < 4.78 is 0. The van der Waals surface area contributed by atoms with Gasteiger partial charge in [-0.05, 0) is 20.0 Å². The molecule has 0 rings (SSSR count). The zero-order valence-corrected chi connectivity index (χ0v) is 5.33. The summed E-state index contributed by atoms with van der Waals surface area (Å²) in [7, 11) is 3.32. The third-order valence-electron chi connectivity index (χ3n) is 1.03. The molecule has 0 amide bonds. The van der Waals surface area contributed by atoms with Crippen LogP contribution in [0.5, 0.6) is 0 Å². The van der Waals surface area contributed by atoms with Gasteiger partial charge >= 0.3 is 0 Å². The van der Waals surface area contributed by atoms with Gasteiger partial charge in [-0.25, -0.2) is 0 Å². The molecule has 1 nitrogen and oxygen atoms in total. The first-order valence-electron chi connectivity index (χ1n) is 3.06. The molecule has 0 aromatic carbocycles. The van der Waals surface area contributed by atoms with Crippen molar-refractivity contribution < 1.29 is 0 Å². The smallest absolute Gasteiger partial charge is 0.117 e. The van der Waals surface area contributed by atoms with Crippen LogP contribution in [0.25, 0.3) is 0 Å². The first-order valence-corrected chi connectivity index (χ1v) is 3.06. The molecule has 0 atom stereocenters. The van der Waals surface area contributed by atoms with Crippen molar-refractivity contribution in [2.45, 2.75) is 19.6 Å². The van der Waals surface area contributed by atoms with E-state index in [0.717, 1.165) is 0 Å². The second-order valence-electron chi connectivity index (χ2n) is 1.81. The second-order valence-corrected chi connectivity index (χ2v) is 1.81. The fourth-order valence-corrected chi connectivity index (χ4v) is 0.552. The molecule has 7 heavy (non-hydrogen) atoms. The molecule has 2 heteroatoms. The number of hydrogen-bond acceptors (Lipinski definition) is 1. The molecule has 0 saturated heterocycles. The molecule has 0 unspecified atom stereocenters. The number of nitrogens with one attached hydrogen (secondary N) is 1. The summed E-state index contributed by atoms with van der Waals surface area (Å²) >= 11 is 0. The maximum Gasteiger partial charge on any atom is 0.117 e. The largest absolute Gasteiger partial charge is 0.320 e.